The van der Waals surface area contributed by atoms with E-state index in [0.29, 0.717) is 10.7 Å². The first kappa shape index (κ1) is 16.2. The third-order valence-corrected chi connectivity index (χ3v) is 3.69. The first-order chi connectivity index (χ1) is 9.27. The molecule has 7 nitrogen and oxygen atoms in total. The molecule has 0 aromatic carbocycles. The van der Waals surface area contributed by atoms with Gasteiger partial charge in [0.15, 0.2) is 0 Å². The molecular weight excluding hydrogens is 282 g/mol. The van der Waals surface area contributed by atoms with Crippen LogP contribution in [-0.2, 0) is 4.79 Å². The summed E-state index contributed by atoms with van der Waals surface area (Å²) in [4.78, 5) is 40.6. The molecule has 0 aliphatic heterocycles. The first-order valence-corrected chi connectivity index (χ1v) is 7.19. The van der Waals surface area contributed by atoms with E-state index in [4.69, 9.17) is 5.11 Å². The second-order valence-electron chi connectivity index (χ2n) is 4.44. The number of aryl methyl sites for hydroxylation is 1. The maximum Gasteiger partial charge on any atom is 0.346 e. The Labute approximate surface area is 120 Å². The Morgan fingerprint density at radius 2 is 2.00 bits per heavy atom. The SMILES string of the molecule is CSc1nc(=O)[nH]c(C)c1C(=O)NC(C)C(C)C(=O)O. The summed E-state index contributed by atoms with van der Waals surface area (Å²) in [6, 6.07) is -0.541. The van der Waals surface area contributed by atoms with Gasteiger partial charge in [0, 0.05) is 11.7 Å². The van der Waals surface area contributed by atoms with E-state index >= 15 is 0 Å². The Bertz CT molecular complexity index is 585. The minimum Gasteiger partial charge on any atom is -0.481 e. The maximum atomic E-state index is 12.2. The lowest BCUT2D eigenvalue weighted by Crippen LogP contribution is -2.41. The second-order valence-corrected chi connectivity index (χ2v) is 5.24. The summed E-state index contributed by atoms with van der Waals surface area (Å²) in [5, 5.41) is 11.8. The number of carboxylic acid groups (broad SMARTS) is 1. The fraction of sp³-hybridized carbons (Fsp3) is 0.500. The quantitative estimate of drug-likeness (QED) is 0.543. The highest BCUT2D eigenvalue weighted by molar-refractivity contribution is 7.98. The number of hydrogen-bond acceptors (Lipinski definition) is 5. The van der Waals surface area contributed by atoms with Gasteiger partial charge in [0.25, 0.3) is 5.91 Å². The molecule has 1 aromatic rings. The highest BCUT2D eigenvalue weighted by atomic mass is 32.2. The lowest BCUT2D eigenvalue weighted by molar-refractivity contribution is -0.141. The van der Waals surface area contributed by atoms with E-state index in [2.05, 4.69) is 15.3 Å². The van der Waals surface area contributed by atoms with Gasteiger partial charge in [-0.25, -0.2) is 4.79 Å². The fourth-order valence-corrected chi connectivity index (χ4v) is 2.22. The lowest BCUT2D eigenvalue weighted by Gasteiger charge is -2.19. The molecule has 3 N–H and O–H groups in total. The summed E-state index contributed by atoms with van der Waals surface area (Å²) >= 11 is 1.19. The Hall–Kier alpha value is -1.83. The largest absolute Gasteiger partial charge is 0.481 e. The van der Waals surface area contributed by atoms with Crippen LogP contribution in [0.2, 0.25) is 0 Å². The van der Waals surface area contributed by atoms with Crippen LogP contribution in [0.3, 0.4) is 0 Å². The number of amides is 1. The molecule has 2 atom stereocenters. The van der Waals surface area contributed by atoms with Gasteiger partial charge in [-0.05, 0) is 27.0 Å². The fourth-order valence-electron chi connectivity index (χ4n) is 1.59. The van der Waals surface area contributed by atoms with Crippen LogP contribution in [-0.4, -0.2) is 39.2 Å². The highest BCUT2D eigenvalue weighted by Crippen LogP contribution is 2.18. The van der Waals surface area contributed by atoms with Gasteiger partial charge in [-0.3, -0.25) is 9.59 Å². The van der Waals surface area contributed by atoms with Crippen molar-refractivity contribution < 1.29 is 14.7 Å². The highest BCUT2D eigenvalue weighted by Gasteiger charge is 2.24. The van der Waals surface area contributed by atoms with E-state index in [1.54, 1.807) is 20.1 Å². The Balaban J connectivity index is 3.04. The van der Waals surface area contributed by atoms with E-state index in [9.17, 15) is 14.4 Å². The van der Waals surface area contributed by atoms with E-state index in [1.807, 2.05) is 0 Å². The van der Waals surface area contributed by atoms with Crippen LogP contribution in [0.5, 0.6) is 0 Å². The minimum absolute atomic E-state index is 0.265. The average molecular weight is 299 g/mol. The van der Waals surface area contributed by atoms with Crippen LogP contribution >= 0.6 is 11.8 Å². The zero-order valence-corrected chi connectivity index (χ0v) is 12.5. The van der Waals surface area contributed by atoms with Crippen LogP contribution in [0.25, 0.3) is 0 Å². The monoisotopic (exact) mass is 299 g/mol. The number of aromatic nitrogens is 2. The first-order valence-electron chi connectivity index (χ1n) is 5.96. The molecule has 1 amide bonds. The number of nitrogens with zero attached hydrogens (tertiary/aromatic N) is 1. The molecule has 0 bridgehead atoms. The molecular formula is C12H17N3O4S. The molecule has 0 radical (unpaired) electrons. The summed E-state index contributed by atoms with van der Waals surface area (Å²) < 4.78 is 0. The van der Waals surface area contributed by atoms with Crippen molar-refractivity contribution in [1.29, 1.82) is 0 Å². The number of H-pyrrole nitrogens is 1. The molecule has 2 unspecified atom stereocenters. The summed E-state index contributed by atoms with van der Waals surface area (Å²) in [6.45, 7) is 4.73. The number of carbonyl (C=O) groups excluding carboxylic acids is 1. The number of carboxylic acids is 1. The number of carbonyl (C=O) groups is 2. The van der Waals surface area contributed by atoms with Crippen LogP contribution in [0.1, 0.15) is 29.9 Å². The smallest absolute Gasteiger partial charge is 0.346 e. The number of aromatic amines is 1. The number of nitrogens with one attached hydrogen (secondary N) is 2. The number of hydrogen-bond donors (Lipinski definition) is 3. The van der Waals surface area contributed by atoms with E-state index in [1.165, 1.54) is 18.7 Å². The third kappa shape index (κ3) is 3.60. The third-order valence-electron chi connectivity index (χ3n) is 3.01. The van der Waals surface area contributed by atoms with Crippen molar-refractivity contribution in [2.75, 3.05) is 6.26 Å². The number of thioether (sulfide) groups is 1. The molecule has 1 aromatic heterocycles. The van der Waals surface area contributed by atoms with Gasteiger partial charge in [-0.15, -0.1) is 11.8 Å². The summed E-state index contributed by atoms with van der Waals surface area (Å²) in [5.41, 5.74) is 0.152. The van der Waals surface area contributed by atoms with Crippen molar-refractivity contribution in [2.45, 2.75) is 31.8 Å². The molecule has 8 heteroatoms. The Kier molecular flexibility index (Phi) is 5.32. The summed E-state index contributed by atoms with van der Waals surface area (Å²) in [5.74, 6) is -2.15. The van der Waals surface area contributed by atoms with Crippen LogP contribution < -0.4 is 11.0 Å². The van der Waals surface area contributed by atoms with E-state index < -0.39 is 29.5 Å². The zero-order valence-electron chi connectivity index (χ0n) is 11.7. The standard InChI is InChI=1S/C12H17N3O4S/c1-5(11(17)18)6(2)13-9(16)8-7(3)14-12(19)15-10(8)20-4/h5-6H,1-4H3,(H,13,16)(H,17,18)(H,14,15,19). The van der Waals surface area contributed by atoms with Crippen LogP contribution in [0.15, 0.2) is 9.82 Å². The molecule has 0 spiro atoms. The van der Waals surface area contributed by atoms with Gasteiger partial charge in [0.1, 0.15) is 5.03 Å². The summed E-state index contributed by atoms with van der Waals surface area (Å²) in [7, 11) is 0. The topological polar surface area (TPSA) is 112 Å². The molecule has 110 valence electrons. The van der Waals surface area contributed by atoms with Gasteiger partial charge in [0.05, 0.1) is 11.5 Å². The summed E-state index contributed by atoms with van der Waals surface area (Å²) in [6.07, 6.45) is 1.71. The Morgan fingerprint density at radius 1 is 1.40 bits per heavy atom. The normalized spacial score (nSPS) is 13.6. The Morgan fingerprint density at radius 3 is 2.50 bits per heavy atom. The molecule has 1 heterocycles. The van der Waals surface area contributed by atoms with E-state index in [-0.39, 0.29) is 5.56 Å². The van der Waals surface area contributed by atoms with Gasteiger partial charge in [-0.2, -0.15) is 4.98 Å². The van der Waals surface area contributed by atoms with E-state index in [0.717, 1.165) is 0 Å². The molecule has 0 saturated carbocycles. The molecule has 0 fully saturated rings. The molecule has 20 heavy (non-hydrogen) atoms. The zero-order chi connectivity index (χ0) is 15.4. The van der Waals surface area contributed by atoms with Gasteiger partial charge < -0.3 is 15.4 Å². The second kappa shape index (κ2) is 6.56. The minimum atomic E-state index is -0.987. The average Bonchev–Trinajstić information content (AvgIpc) is 2.35. The van der Waals surface area contributed by atoms with Crippen molar-refractivity contribution in [3.8, 4) is 0 Å². The molecule has 0 saturated heterocycles. The van der Waals surface area contributed by atoms with Crippen LogP contribution in [0, 0.1) is 12.8 Å². The molecule has 0 aliphatic carbocycles. The van der Waals surface area contributed by atoms with Crippen molar-refractivity contribution in [3.05, 3.63) is 21.7 Å². The van der Waals surface area contributed by atoms with Crippen molar-refractivity contribution in [2.24, 2.45) is 5.92 Å². The van der Waals surface area contributed by atoms with Gasteiger partial charge >= 0.3 is 11.7 Å². The van der Waals surface area contributed by atoms with Crippen molar-refractivity contribution in [3.63, 3.8) is 0 Å². The van der Waals surface area contributed by atoms with Crippen molar-refractivity contribution in [1.82, 2.24) is 15.3 Å². The lowest BCUT2D eigenvalue weighted by atomic mass is 10.0. The van der Waals surface area contributed by atoms with Gasteiger partial charge in [0.2, 0.25) is 0 Å². The van der Waals surface area contributed by atoms with Crippen molar-refractivity contribution >= 4 is 23.6 Å². The van der Waals surface area contributed by atoms with Gasteiger partial charge in [-0.1, -0.05) is 0 Å². The maximum absolute atomic E-state index is 12.2. The molecule has 0 aliphatic rings. The predicted molar refractivity (Wildman–Crippen MR) is 75.1 cm³/mol. The predicted octanol–water partition coefficient (Wildman–Crippen LogP) is 0.639. The molecule has 1 rings (SSSR count). The number of rotatable bonds is 5. The van der Waals surface area contributed by atoms with Crippen LogP contribution in [0.4, 0.5) is 0 Å². The number of aliphatic carboxylic acids is 1.